The van der Waals surface area contributed by atoms with Crippen molar-refractivity contribution in [2.24, 2.45) is 5.73 Å². The van der Waals surface area contributed by atoms with E-state index in [1.54, 1.807) is 0 Å². The molecule has 0 aromatic heterocycles. The Bertz CT molecular complexity index is 312. The number of nitrogens with two attached hydrogens (primary N) is 1. The van der Waals surface area contributed by atoms with Gasteiger partial charge < -0.3 is 10.8 Å². The third-order valence-electron chi connectivity index (χ3n) is 2.35. The first-order valence-corrected chi connectivity index (χ1v) is 5.63. The van der Waals surface area contributed by atoms with Crippen LogP contribution in [0.3, 0.4) is 0 Å². The quantitative estimate of drug-likeness (QED) is 0.816. The highest BCUT2D eigenvalue weighted by Crippen LogP contribution is 2.31. The van der Waals surface area contributed by atoms with Crippen LogP contribution >= 0.6 is 15.9 Å². The first kappa shape index (κ1) is 11.5. The summed E-state index contributed by atoms with van der Waals surface area (Å²) in [6.07, 6.45) is 2.93. The molecule has 0 amide bonds. The zero-order valence-corrected chi connectivity index (χ0v) is 9.97. The second kappa shape index (κ2) is 5.37. The number of benzene rings is 1. The summed E-state index contributed by atoms with van der Waals surface area (Å²) in [7, 11) is 0. The molecule has 0 saturated heterocycles. The second-order valence-electron chi connectivity index (χ2n) is 3.44. The normalized spacial score (nSPS) is 10.5. The number of phenolic OH excluding ortho intramolecular Hbond substituents is 1. The van der Waals surface area contributed by atoms with E-state index < -0.39 is 0 Å². The molecule has 0 saturated carbocycles. The van der Waals surface area contributed by atoms with Gasteiger partial charge in [-0.25, -0.2) is 0 Å². The van der Waals surface area contributed by atoms with Crippen molar-refractivity contribution in [1.29, 1.82) is 0 Å². The van der Waals surface area contributed by atoms with E-state index in [1.165, 1.54) is 0 Å². The Morgan fingerprint density at radius 2 is 2.07 bits per heavy atom. The molecule has 14 heavy (non-hydrogen) atoms. The maximum absolute atomic E-state index is 9.80. The number of aromatic hydroxyl groups is 1. The van der Waals surface area contributed by atoms with Crippen molar-refractivity contribution < 1.29 is 5.11 Å². The molecule has 78 valence electrons. The summed E-state index contributed by atoms with van der Waals surface area (Å²) in [6, 6.07) is 3.89. The van der Waals surface area contributed by atoms with E-state index in [4.69, 9.17) is 5.73 Å². The molecule has 0 aliphatic heterocycles. The fourth-order valence-corrected chi connectivity index (χ4v) is 1.84. The second-order valence-corrected chi connectivity index (χ2v) is 4.29. The van der Waals surface area contributed by atoms with Gasteiger partial charge in [-0.3, -0.25) is 0 Å². The minimum Gasteiger partial charge on any atom is -0.506 e. The lowest BCUT2D eigenvalue weighted by atomic mass is 10.0. The standard InChI is InChI=1S/C11H16BrNO/c1-8-5-6-10(12)11(14)9(8)4-2-3-7-13/h5-6,14H,2-4,7,13H2,1H3. The monoisotopic (exact) mass is 257 g/mol. The molecule has 0 bridgehead atoms. The largest absolute Gasteiger partial charge is 0.506 e. The third kappa shape index (κ3) is 2.72. The Balaban J connectivity index is 2.79. The van der Waals surface area contributed by atoms with E-state index in [-0.39, 0.29) is 0 Å². The maximum atomic E-state index is 9.80. The van der Waals surface area contributed by atoms with Gasteiger partial charge in [0.05, 0.1) is 4.47 Å². The molecule has 0 atom stereocenters. The number of aryl methyl sites for hydroxylation is 1. The van der Waals surface area contributed by atoms with Gasteiger partial charge in [0.2, 0.25) is 0 Å². The van der Waals surface area contributed by atoms with E-state index in [9.17, 15) is 5.11 Å². The van der Waals surface area contributed by atoms with E-state index >= 15 is 0 Å². The summed E-state index contributed by atoms with van der Waals surface area (Å²) in [6.45, 7) is 2.73. The lowest BCUT2D eigenvalue weighted by molar-refractivity contribution is 0.462. The summed E-state index contributed by atoms with van der Waals surface area (Å²) < 4.78 is 0.769. The molecule has 3 N–H and O–H groups in total. The SMILES string of the molecule is Cc1ccc(Br)c(O)c1CCCCN. The van der Waals surface area contributed by atoms with Crippen molar-refractivity contribution in [2.45, 2.75) is 26.2 Å². The zero-order chi connectivity index (χ0) is 10.6. The van der Waals surface area contributed by atoms with Crippen LogP contribution in [0, 0.1) is 6.92 Å². The van der Waals surface area contributed by atoms with Crippen molar-refractivity contribution in [1.82, 2.24) is 0 Å². The summed E-state index contributed by atoms with van der Waals surface area (Å²) in [5, 5.41) is 9.80. The van der Waals surface area contributed by atoms with Crippen molar-refractivity contribution in [2.75, 3.05) is 6.54 Å². The number of phenols is 1. The molecule has 1 aromatic rings. The molecule has 0 aliphatic carbocycles. The van der Waals surface area contributed by atoms with Gasteiger partial charge in [-0.15, -0.1) is 0 Å². The molecular weight excluding hydrogens is 242 g/mol. The van der Waals surface area contributed by atoms with Gasteiger partial charge in [-0.05, 0) is 65.9 Å². The summed E-state index contributed by atoms with van der Waals surface area (Å²) in [5.41, 5.74) is 7.60. The van der Waals surface area contributed by atoms with Crippen LogP contribution in [-0.4, -0.2) is 11.7 Å². The molecule has 0 spiro atoms. The van der Waals surface area contributed by atoms with Crippen LogP contribution < -0.4 is 5.73 Å². The molecule has 3 heteroatoms. The van der Waals surface area contributed by atoms with Gasteiger partial charge in [0.25, 0.3) is 0 Å². The van der Waals surface area contributed by atoms with Gasteiger partial charge in [-0.1, -0.05) is 6.07 Å². The van der Waals surface area contributed by atoms with Crippen molar-refractivity contribution in [3.05, 3.63) is 27.7 Å². The first-order chi connectivity index (χ1) is 6.66. The van der Waals surface area contributed by atoms with Gasteiger partial charge in [0.1, 0.15) is 5.75 Å². The maximum Gasteiger partial charge on any atom is 0.133 e. The van der Waals surface area contributed by atoms with Gasteiger partial charge >= 0.3 is 0 Å². The van der Waals surface area contributed by atoms with E-state index in [0.717, 1.165) is 34.9 Å². The van der Waals surface area contributed by atoms with Gasteiger partial charge in [-0.2, -0.15) is 0 Å². The van der Waals surface area contributed by atoms with Gasteiger partial charge in [0, 0.05) is 0 Å². The van der Waals surface area contributed by atoms with E-state index in [1.807, 2.05) is 19.1 Å². The Morgan fingerprint density at radius 1 is 1.36 bits per heavy atom. The molecule has 0 radical (unpaired) electrons. The fourth-order valence-electron chi connectivity index (χ4n) is 1.47. The van der Waals surface area contributed by atoms with Crippen LogP contribution in [0.5, 0.6) is 5.75 Å². The van der Waals surface area contributed by atoms with Crippen LogP contribution in [0.15, 0.2) is 16.6 Å². The minimum atomic E-state index is 0.377. The molecule has 0 fully saturated rings. The van der Waals surface area contributed by atoms with Crippen molar-refractivity contribution in [3.8, 4) is 5.75 Å². The minimum absolute atomic E-state index is 0.377. The molecular formula is C11H16BrNO. The molecule has 1 aromatic carbocycles. The third-order valence-corrected chi connectivity index (χ3v) is 2.99. The van der Waals surface area contributed by atoms with Crippen LogP contribution in [0.2, 0.25) is 0 Å². The molecule has 0 unspecified atom stereocenters. The Labute approximate surface area is 93.3 Å². The van der Waals surface area contributed by atoms with Crippen LogP contribution in [-0.2, 0) is 6.42 Å². The zero-order valence-electron chi connectivity index (χ0n) is 8.39. The number of rotatable bonds is 4. The van der Waals surface area contributed by atoms with Crippen LogP contribution in [0.1, 0.15) is 24.0 Å². The lowest BCUT2D eigenvalue weighted by Crippen LogP contribution is -2.00. The summed E-state index contributed by atoms with van der Waals surface area (Å²) >= 11 is 3.31. The average molecular weight is 258 g/mol. The smallest absolute Gasteiger partial charge is 0.133 e. The molecule has 2 nitrogen and oxygen atoms in total. The Hall–Kier alpha value is -0.540. The average Bonchev–Trinajstić information content (AvgIpc) is 2.18. The molecule has 0 aliphatic rings. The topological polar surface area (TPSA) is 46.2 Å². The highest BCUT2D eigenvalue weighted by atomic mass is 79.9. The first-order valence-electron chi connectivity index (χ1n) is 4.84. The number of hydrogen-bond acceptors (Lipinski definition) is 2. The number of halogens is 1. The summed E-state index contributed by atoms with van der Waals surface area (Å²) in [4.78, 5) is 0. The predicted octanol–water partition coefficient (Wildman–Crippen LogP) is 2.74. The predicted molar refractivity (Wildman–Crippen MR) is 62.5 cm³/mol. The van der Waals surface area contributed by atoms with E-state index in [2.05, 4.69) is 15.9 Å². The van der Waals surface area contributed by atoms with Crippen LogP contribution in [0.4, 0.5) is 0 Å². The highest BCUT2D eigenvalue weighted by Gasteiger charge is 2.07. The Morgan fingerprint density at radius 3 is 2.71 bits per heavy atom. The highest BCUT2D eigenvalue weighted by molar-refractivity contribution is 9.10. The van der Waals surface area contributed by atoms with Crippen LogP contribution in [0.25, 0.3) is 0 Å². The molecule has 0 heterocycles. The van der Waals surface area contributed by atoms with E-state index in [0.29, 0.717) is 12.3 Å². The Kier molecular flexibility index (Phi) is 4.42. The van der Waals surface area contributed by atoms with Crippen molar-refractivity contribution in [3.63, 3.8) is 0 Å². The number of hydrogen-bond donors (Lipinski definition) is 2. The molecule has 1 rings (SSSR count). The van der Waals surface area contributed by atoms with Gasteiger partial charge in [0.15, 0.2) is 0 Å². The lowest BCUT2D eigenvalue weighted by Gasteiger charge is -2.09. The fraction of sp³-hybridized carbons (Fsp3) is 0.455. The van der Waals surface area contributed by atoms with Crippen molar-refractivity contribution >= 4 is 15.9 Å². The number of unbranched alkanes of at least 4 members (excludes halogenated alkanes) is 1. The summed E-state index contributed by atoms with van der Waals surface area (Å²) in [5.74, 6) is 0.377.